The van der Waals surface area contributed by atoms with Crippen LogP contribution in [0.1, 0.15) is 13.3 Å². The van der Waals surface area contributed by atoms with Crippen molar-refractivity contribution in [3.05, 3.63) is 36.9 Å². The summed E-state index contributed by atoms with van der Waals surface area (Å²) < 4.78 is 0. The summed E-state index contributed by atoms with van der Waals surface area (Å²) in [5.41, 5.74) is 0.905. The molecule has 56 valence electrons. The summed E-state index contributed by atoms with van der Waals surface area (Å²) in [7, 11) is 0. The molecule has 10 heavy (non-hydrogen) atoms. The molecule has 0 aliphatic heterocycles. The molecule has 2 N–H and O–H groups in total. The molecule has 0 rings (SSSR count). The van der Waals surface area contributed by atoms with Crippen molar-refractivity contribution < 1.29 is 5.11 Å². The third-order valence-corrected chi connectivity index (χ3v) is 1.01. The van der Waals surface area contributed by atoms with Gasteiger partial charge in [-0.25, -0.2) is 0 Å². The van der Waals surface area contributed by atoms with E-state index in [1.807, 2.05) is 6.92 Å². The Bertz CT molecular complexity index is 159. The van der Waals surface area contributed by atoms with Crippen molar-refractivity contribution in [2.75, 3.05) is 0 Å². The summed E-state index contributed by atoms with van der Waals surface area (Å²) in [5.74, 6) is 0.0613. The number of hydrogen-bond donors (Lipinski definition) is 2. The highest BCUT2D eigenvalue weighted by Crippen LogP contribution is 1.98. The first-order chi connectivity index (χ1) is 4.70. The quantitative estimate of drug-likeness (QED) is 0.461. The van der Waals surface area contributed by atoms with E-state index in [2.05, 4.69) is 18.5 Å². The highest BCUT2D eigenvalue weighted by Gasteiger charge is 1.88. The van der Waals surface area contributed by atoms with E-state index in [-0.39, 0.29) is 5.76 Å². The Kier molecular flexibility index (Phi) is 4.12. The zero-order valence-corrected chi connectivity index (χ0v) is 6.22. The van der Waals surface area contributed by atoms with E-state index < -0.39 is 0 Å². The van der Waals surface area contributed by atoms with Crippen molar-refractivity contribution in [3.8, 4) is 0 Å². The summed E-state index contributed by atoms with van der Waals surface area (Å²) in [5, 5.41) is 11.6. The molecule has 0 spiro atoms. The van der Waals surface area contributed by atoms with Crippen molar-refractivity contribution in [2.24, 2.45) is 0 Å². The molecule has 2 nitrogen and oxygen atoms in total. The molecule has 0 fully saturated rings. The largest absolute Gasteiger partial charge is 0.509 e. The summed E-state index contributed by atoms with van der Waals surface area (Å²) in [6.07, 6.45) is 3.96. The summed E-state index contributed by atoms with van der Waals surface area (Å²) >= 11 is 0. The first kappa shape index (κ1) is 8.82. The lowest BCUT2D eigenvalue weighted by Gasteiger charge is -2.01. The lowest BCUT2D eigenvalue weighted by Crippen LogP contribution is -2.02. The van der Waals surface area contributed by atoms with Crippen LogP contribution in [0.3, 0.4) is 0 Å². The average Bonchev–Trinajstić information content (AvgIpc) is 1.86. The summed E-state index contributed by atoms with van der Waals surface area (Å²) in [6.45, 7) is 8.80. The molecule has 0 unspecified atom stereocenters. The molecule has 0 aliphatic carbocycles. The molecule has 0 aromatic heterocycles. The smallest absolute Gasteiger partial charge is 0.110 e. The number of aliphatic hydroxyl groups is 1. The van der Waals surface area contributed by atoms with Gasteiger partial charge in [-0.15, -0.1) is 0 Å². The Labute approximate surface area is 61.6 Å². The fourth-order valence-corrected chi connectivity index (χ4v) is 0.578. The third kappa shape index (κ3) is 3.78. The van der Waals surface area contributed by atoms with Gasteiger partial charge in [0.15, 0.2) is 0 Å². The Morgan fingerprint density at radius 3 is 2.60 bits per heavy atom. The van der Waals surface area contributed by atoms with E-state index >= 15 is 0 Å². The Hall–Kier alpha value is -1.18. The van der Waals surface area contributed by atoms with Crippen molar-refractivity contribution in [1.82, 2.24) is 5.32 Å². The van der Waals surface area contributed by atoms with Crippen LogP contribution in [0.5, 0.6) is 0 Å². The summed E-state index contributed by atoms with van der Waals surface area (Å²) in [4.78, 5) is 0. The van der Waals surface area contributed by atoms with Gasteiger partial charge < -0.3 is 10.4 Å². The third-order valence-electron chi connectivity index (χ3n) is 1.01. The van der Waals surface area contributed by atoms with Gasteiger partial charge in [-0.1, -0.05) is 20.1 Å². The highest BCUT2D eigenvalue weighted by atomic mass is 16.3. The lowest BCUT2D eigenvalue weighted by molar-refractivity contribution is 0.433. The minimum Gasteiger partial charge on any atom is -0.509 e. The number of allylic oxidation sites excluding steroid dienone is 2. The normalized spacial score (nSPS) is 10.7. The van der Waals surface area contributed by atoms with Crippen molar-refractivity contribution in [3.63, 3.8) is 0 Å². The number of aliphatic hydroxyl groups excluding tert-OH is 1. The van der Waals surface area contributed by atoms with Crippen LogP contribution in [-0.4, -0.2) is 5.11 Å². The van der Waals surface area contributed by atoms with Gasteiger partial charge in [0.25, 0.3) is 0 Å². The average molecular weight is 139 g/mol. The minimum absolute atomic E-state index is 0.0613. The lowest BCUT2D eigenvalue weighted by atomic mass is 10.3. The molecule has 0 aliphatic rings. The van der Waals surface area contributed by atoms with Crippen LogP contribution in [0.4, 0.5) is 0 Å². The Morgan fingerprint density at radius 2 is 2.30 bits per heavy atom. The molecule has 0 saturated heterocycles. The highest BCUT2D eigenvalue weighted by molar-refractivity contribution is 5.14. The van der Waals surface area contributed by atoms with Crippen molar-refractivity contribution in [2.45, 2.75) is 13.3 Å². The van der Waals surface area contributed by atoms with Gasteiger partial charge in [0.2, 0.25) is 0 Å². The second-order valence-electron chi connectivity index (χ2n) is 1.86. The molecular weight excluding hydrogens is 126 g/mol. The van der Waals surface area contributed by atoms with E-state index in [4.69, 9.17) is 5.11 Å². The van der Waals surface area contributed by atoms with Gasteiger partial charge in [-0.3, -0.25) is 0 Å². The Balaban J connectivity index is 4.03. The second kappa shape index (κ2) is 4.68. The molecule has 2 heteroatoms. The van der Waals surface area contributed by atoms with E-state index in [1.165, 1.54) is 0 Å². The van der Waals surface area contributed by atoms with Crippen LogP contribution in [-0.2, 0) is 0 Å². The van der Waals surface area contributed by atoms with Gasteiger partial charge in [-0.05, 0) is 18.7 Å². The van der Waals surface area contributed by atoms with E-state index in [9.17, 15) is 0 Å². The molecule has 0 bridgehead atoms. The van der Waals surface area contributed by atoms with Crippen LogP contribution in [0.15, 0.2) is 36.9 Å². The molecule has 0 atom stereocenters. The van der Waals surface area contributed by atoms with Gasteiger partial charge in [0.05, 0.1) is 0 Å². The SMILES string of the molecule is C=CN/C(=C/C(=C)O)CC. The fourth-order valence-electron chi connectivity index (χ4n) is 0.578. The second-order valence-corrected chi connectivity index (χ2v) is 1.86. The topological polar surface area (TPSA) is 32.3 Å². The standard InChI is InChI=1S/C8H13NO/c1-4-8(9-5-2)6-7(3)10/h5-6,9-10H,2-4H2,1H3/b8-6+. The molecule has 0 amide bonds. The van der Waals surface area contributed by atoms with Crippen LogP contribution < -0.4 is 5.32 Å². The first-order valence-corrected chi connectivity index (χ1v) is 3.16. The maximum absolute atomic E-state index is 8.74. The van der Waals surface area contributed by atoms with E-state index in [1.54, 1.807) is 12.3 Å². The predicted octanol–water partition coefficient (Wildman–Crippen LogP) is 2.09. The fraction of sp³-hybridized carbons (Fsp3) is 0.250. The molecule has 0 aromatic carbocycles. The van der Waals surface area contributed by atoms with E-state index in [0.717, 1.165) is 12.1 Å². The van der Waals surface area contributed by atoms with Gasteiger partial charge in [-0.2, -0.15) is 0 Å². The van der Waals surface area contributed by atoms with Crippen molar-refractivity contribution >= 4 is 0 Å². The minimum atomic E-state index is 0.0613. The zero-order chi connectivity index (χ0) is 7.98. The molecule has 0 radical (unpaired) electrons. The maximum atomic E-state index is 8.74. The molecule has 0 aromatic rings. The zero-order valence-electron chi connectivity index (χ0n) is 6.22. The molecular formula is C8H13NO. The monoisotopic (exact) mass is 139 g/mol. The van der Waals surface area contributed by atoms with Gasteiger partial charge in [0.1, 0.15) is 5.76 Å². The number of rotatable bonds is 4. The molecule has 0 saturated carbocycles. The Morgan fingerprint density at radius 1 is 1.70 bits per heavy atom. The number of nitrogens with one attached hydrogen (secondary N) is 1. The van der Waals surface area contributed by atoms with Gasteiger partial charge >= 0.3 is 0 Å². The van der Waals surface area contributed by atoms with Crippen LogP contribution in [0.2, 0.25) is 0 Å². The summed E-state index contributed by atoms with van der Waals surface area (Å²) in [6, 6.07) is 0. The van der Waals surface area contributed by atoms with Crippen LogP contribution in [0, 0.1) is 0 Å². The predicted molar refractivity (Wildman–Crippen MR) is 43.5 cm³/mol. The number of hydrogen-bond acceptors (Lipinski definition) is 2. The maximum Gasteiger partial charge on any atom is 0.110 e. The van der Waals surface area contributed by atoms with Crippen LogP contribution in [0.25, 0.3) is 0 Å². The first-order valence-electron chi connectivity index (χ1n) is 3.16. The van der Waals surface area contributed by atoms with Crippen molar-refractivity contribution in [1.29, 1.82) is 0 Å². The molecule has 0 heterocycles. The van der Waals surface area contributed by atoms with E-state index in [0.29, 0.717) is 0 Å². The van der Waals surface area contributed by atoms with Gasteiger partial charge in [0, 0.05) is 5.70 Å². The van der Waals surface area contributed by atoms with Crippen LogP contribution >= 0.6 is 0 Å².